The smallest absolute Gasteiger partial charge is 0.265 e. The molecule has 14 heavy (non-hydrogen) atoms. The van der Waals surface area contributed by atoms with Gasteiger partial charge in [0, 0.05) is 24.0 Å². The standard InChI is InChI=1S/C9H8N4O/c10-13-9(14)6-1-4-12-8-2-3-11-5-7(6)8/h1-5H,10H2,(H,13,14). The Morgan fingerprint density at radius 2 is 2.21 bits per heavy atom. The molecule has 0 aliphatic rings. The minimum absolute atomic E-state index is 0.342. The molecule has 0 saturated heterocycles. The molecule has 1 amide bonds. The van der Waals surface area contributed by atoms with Gasteiger partial charge in [-0.05, 0) is 12.1 Å². The largest absolute Gasteiger partial charge is 0.290 e. The van der Waals surface area contributed by atoms with Crippen LogP contribution in [-0.4, -0.2) is 15.9 Å². The summed E-state index contributed by atoms with van der Waals surface area (Å²) in [6.45, 7) is 0. The molecular formula is C9H8N4O. The number of pyridine rings is 2. The lowest BCUT2D eigenvalue weighted by Crippen LogP contribution is -2.30. The van der Waals surface area contributed by atoms with Crippen LogP contribution in [0, 0.1) is 0 Å². The van der Waals surface area contributed by atoms with Gasteiger partial charge in [0.15, 0.2) is 0 Å². The van der Waals surface area contributed by atoms with Crippen LogP contribution in [0.4, 0.5) is 0 Å². The highest BCUT2D eigenvalue weighted by molar-refractivity contribution is 6.05. The average molecular weight is 188 g/mol. The van der Waals surface area contributed by atoms with Crippen LogP contribution in [0.2, 0.25) is 0 Å². The Balaban J connectivity index is 2.71. The number of rotatable bonds is 1. The van der Waals surface area contributed by atoms with Crippen molar-refractivity contribution in [3.63, 3.8) is 0 Å². The van der Waals surface area contributed by atoms with Gasteiger partial charge in [-0.2, -0.15) is 0 Å². The van der Waals surface area contributed by atoms with Gasteiger partial charge in [0.2, 0.25) is 0 Å². The number of nitrogens with two attached hydrogens (primary N) is 1. The number of carbonyl (C=O) groups is 1. The summed E-state index contributed by atoms with van der Waals surface area (Å²) in [6, 6.07) is 3.34. The Morgan fingerprint density at radius 3 is 3.00 bits per heavy atom. The van der Waals surface area contributed by atoms with Crippen molar-refractivity contribution < 1.29 is 4.79 Å². The van der Waals surface area contributed by atoms with Crippen molar-refractivity contribution in [1.82, 2.24) is 15.4 Å². The molecule has 2 rings (SSSR count). The predicted molar refractivity (Wildman–Crippen MR) is 51.2 cm³/mol. The minimum atomic E-state index is -0.342. The predicted octanol–water partition coefficient (Wildman–Crippen LogP) is 0.233. The number of aromatic nitrogens is 2. The van der Waals surface area contributed by atoms with Crippen molar-refractivity contribution in [2.75, 3.05) is 0 Å². The van der Waals surface area contributed by atoms with Crippen LogP contribution in [0.25, 0.3) is 10.9 Å². The lowest BCUT2D eigenvalue weighted by Gasteiger charge is -2.02. The van der Waals surface area contributed by atoms with Crippen LogP contribution in [0.3, 0.4) is 0 Å². The second-order valence-corrected chi connectivity index (χ2v) is 2.72. The van der Waals surface area contributed by atoms with Crippen molar-refractivity contribution in [3.05, 3.63) is 36.3 Å². The number of carbonyl (C=O) groups excluding carboxylic acids is 1. The number of nitrogens with one attached hydrogen (secondary N) is 1. The van der Waals surface area contributed by atoms with E-state index >= 15 is 0 Å². The van der Waals surface area contributed by atoms with E-state index in [-0.39, 0.29) is 5.91 Å². The van der Waals surface area contributed by atoms with E-state index in [1.807, 2.05) is 0 Å². The molecule has 0 aromatic carbocycles. The fraction of sp³-hybridized carbons (Fsp3) is 0. The Bertz CT molecular complexity index is 478. The molecular weight excluding hydrogens is 180 g/mol. The lowest BCUT2D eigenvalue weighted by atomic mass is 10.1. The van der Waals surface area contributed by atoms with Crippen LogP contribution in [-0.2, 0) is 0 Å². The van der Waals surface area contributed by atoms with Gasteiger partial charge in [0.25, 0.3) is 5.91 Å². The SMILES string of the molecule is NNC(=O)c1ccnc2ccncc12. The third-order valence-corrected chi connectivity index (χ3v) is 1.92. The third kappa shape index (κ3) is 1.29. The van der Waals surface area contributed by atoms with E-state index in [1.165, 1.54) is 0 Å². The molecule has 3 N–H and O–H groups in total. The van der Waals surface area contributed by atoms with Gasteiger partial charge in [-0.15, -0.1) is 0 Å². The highest BCUT2D eigenvalue weighted by Crippen LogP contribution is 2.14. The highest BCUT2D eigenvalue weighted by atomic mass is 16.2. The van der Waals surface area contributed by atoms with E-state index in [4.69, 9.17) is 5.84 Å². The van der Waals surface area contributed by atoms with Gasteiger partial charge in [-0.3, -0.25) is 20.2 Å². The van der Waals surface area contributed by atoms with E-state index < -0.39 is 0 Å². The van der Waals surface area contributed by atoms with Gasteiger partial charge in [-0.25, -0.2) is 5.84 Å². The number of hydrogen-bond donors (Lipinski definition) is 2. The van der Waals surface area contributed by atoms with E-state index in [9.17, 15) is 4.79 Å². The molecule has 0 unspecified atom stereocenters. The van der Waals surface area contributed by atoms with Crippen molar-refractivity contribution in [2.45, 2.75) is 0 Å². The molecule has 0 spiro atoms. The first-order valence-electron chi connectivity index (χ1n) is 4.02. The first-order chi connectivity index (χ1) is 6.83. The topological polar surface area (TPSA) is 80.9 Å². The Morgan fingerprint density at radius 1 is 1.36 bits per heavy atom. The van der Waals surface area contributed by atoms with Crippen molar-refractivity contribution >= 4 is 16.8 Å². The molecule has 0 atom stereocenters. The zero-order chi connectivity index (χ0) is 9.97. The van der Waals surface area contributed by atoms with Gasteiger partial charge in [-0.1, -0.05) is 0 Å². The average Bonchev–Trinajstić information content (AvgIpc) is 2.27. The molecule has 2 aromatic rings. The fourth-order valence-electron chi connectivity index (χ4n) is 1.26. The molecule has 0 aliphatic carbocycles. The molecule has 0 bridgehead atoms. The first kappa shape index (κ1) is 8.58. The molecule has 70 valence electrons. The van der Waals surface area contributed by atoms with Crippen molar-refractivity contribution in [2.24, 2.45) is 5.84 Å². The van der Waals surface area contributed by atoms with Crippen molar-refractivity contribution in [1.29, 1.82) is 0 Å². The Hall–Kier alpha value is -2.01. The zero-order valence-electron chi connectivity index (χ0n) is 7.27. The summed E-state index contributed by atoms with van der Waals surface area (Å²) in [5.74, 6) is 4.71. The normalized spacial score (nSPS) is 10.1. The van der Waals surface area contributed by atoms with Crippen molar-refractivity contribution in [3.8, 4) is 0 Å². The second-order valence-electron chi connectivity index (χ2n) is 2.72. The Kier molecular flexibility index (Phi) is 2.08. The molecule has 5 heteroatoms. The summed E-state index contributed by atoms with van der Waals surface area (Å²) in [4.78, 5) is 19.4. The van der Waals surface area contributed by atoms with Gasteiger partial charge in [0.1, 0.15) is 0 Å². The fourth-order valence-corrected chi connectivity index (χ4v) is 1.26. The number of hydrogen-bond acceptors (Lipinski definition) is 4. The number of nitrogen functional groups attached to an aromatic ring is 1. The Labute approximate surface area is 79.9 Å². The maximum atomic E-state index is 11.3. The molecule has 0 saturated carbocycles. The number of amides is 1. The third-order valence-electron chi connectivity index (χ3n) is 1.92. The van der Waals surface area contributed by atoms with E-state index in [2.05, 4.69) is 15.4 Å². The van der Waals surface area contributed by atoms with Crippen LogP contribution in [0.1, 0.15) is 10.4 Å². The van der Waals surface area contributed by atoms with Crippen LogP contribution in [0.15, 0.2) is 30.7 Å². The van der Waals surface area contributed by atoms with Crippen LogP contribution in [0.5, 0.6) is 0 Å². The number of fused-ring (bicyclic) bond motifs is 1. The summed E-state index contributed by atoms with van der Waals surface area (Å²) in [6.07, 6.45) is 4.78. The van der Waals surface area contributed by atoms with Crippen LogP contribution < -0.4 is 11.3 Å². The zero-order valence-corrected chi connectivity index (χ0v) is 7.27. The van der Waals surface area contributed by atoms with E-state index in [0.717, 1.165) is 5.52 Å². The maximum absolute atomic E-state index is 11.3. The minimum Gasteiger partial charge on any atom is -0.290 e. The molecule has 0 fully saturated rings. The number of nitrogens with zero attached hydrogens (tertiary/aromatic N) is 2. The molecule has 0 aliphatic heterocycles. The molecule has 2 heterocycles. The molecule has 0 radical (unpaired) electrons. The second kappa shape index (κ2) is 3.39. The molecule has 2 aromatic heterocycles. The molecule has 5 nitrogen and oxygen atoms in total. The summed E-state index contributed by atoms with van der Waals surface area (Å²) in [7, 11) is 0. The summed E-state index contributed by atoms with van der Waals surface area (Å²) in [5.41, 5.74) is 3.28. The van der Waals surface area contributed by atoms with Gasteiger partial charge >= 0.3 is 0 Å². The van der Waals surface area contributed by atoms with Gasteiger partial charge in [0.05, 0.1) is 11.1 Å². The number of hydrazine groups is 1. The summed E-state index contributed by atoms with van der Waals surface area (Å²) in [5, 5.41) is 0.693. The monoisotopic (exact) mass is 188 g/mol. The van der Waals surface area contributed by atoms with Gasteiger partial charge < -0.3 is 0 Å². The lowest BCUT2D eigenvalue weighted by molar-refractivity contribution is 0.0955. The van der Waals surface area contributed by atoms with E-state index in [1.54, 1.807) is 30.7 Å². The van der Waals surface area contributed by atoms with Crippen LogP contribution >= 0.6 is 0 Å². The first-order valence-corrected chi connectivity index (χ1v) is 4.02. The highest BCUT2D eigenvalue weighted by Gasteiger charge is 2.08. The maximum Gasteiger partial charge on any atom is 0.265 e. The summed E-state index contributed by atoms with van der Waals surface area (Å²) < 4.78 is 0. The quantitative estimate of drug-likeness (QED) is 0.381. The summed E-state index contributed by atoms with van der Waals surface area (Å²) >= 11 is 0. The van der Waals surface area contributed by atoms with E-state index in [0.29, 0.717) is 10.9 Å².